The van der Waals surface area contributed by atoms with Crippen LogP contribution in [0.3, 0.4) is 0 Å². The van der Waals surface area contributed by atoms with Crippen LogP contribution in [0.25, 0.3) is 22.0 Å². The fourth-order valence-corrected chi connectivity index (χ4v) is 4.20. The smallest absolute Gasteiger partial charge is 0.379 e. The third-order valence-corrected chi connectivity index (χ3v) is 5.71. The van der Waals surface area contributed by atoms with Crippen molar-refractivity contribution in [3.05, 3.63) is 66.2 Å². The first-order valence-electron chi connectivity index (χ1n) is 9.94. The number of aromatic nitrogens is 1. The van der Waals surface area contributed by atoms with Crippen LogP contribution in [0.2, 0.25) is 0 Å². The van der Waals surface area contributed by atoms with Crippen LogP contribution in [-0.2, 0) is 13.0 Å². The number of carbonyl (C=O) groups excluding carboxylic acids is 1. The van der Waals surface area contributed by atoms with Crippen LogP contribution < -0.4 is 23.5 Å². The molecule has 0 bridgehead atoms. The summed E-state index contributed by atoms with van der Waals surface area (Å²) in [7, 11) is 1.55. The van der Waals surface area contributed by atoms with E-state index >= 15 is 0 Å². The topological polar surface area (TPSA) is 71.0 Å². The molecule has 0 spiro atoms. The van der Waals surface area contributed by atoms with Crippen LogP contribution in [0.5, 0.6) is 23.0 Å². The van der Waals surface area contributed by atoms with E-state index in [0.717, 1.165) is 46.5 Å². The number of benzene rings is 2. The maximum atomic E-state index is 12.5. The first-order chi connectivity index (χ1) is 15.2. The van der Waals surface area contributed by atoms with Crippen molar-refractivity contribution in [2.45, 2.75) is 13.0 Å². The summed E-state index contributed by atoms with van der Waals surface area (Å²) in [5.74, 6) is 1.96. The zero-order valence-corrected chi connectivity index (χ0v) is 16.7. The molecule has 0 saturated heterocycles. The molecule has 0 unspecified atom stereocenters. The lowest BCUT2D eigenvalue weighted by molar-refractivity contribution is -0.686. The molecule has 0 saturated carbocycles. The Morgan fingerprint density at radius 2 is 1.97 bits per heavy atom. The standard InChI is InChI=1S/C24H18NO6/c1-27-19-5-4-14-9-18-16-11-22-21(29-13-30-22)10-15(16)6-7-25(18)12-17(14)23(19)31-24(26)20-3-2-8-28-20/h2-5,8-12H,6-7,13H2,1H3/q+1. The van der Waals surface area contributed by atoms with Crippen molar-refractivity contribution < 1.29 is 32.7 Å². The summed E-state index contributed by atoms with van der Waals surface area (Å²) < 4.78 is 29.6. The van der Waals surface area contributed by atoms with Crippen LogP contribution >= 0.6 is 0 Å². The molecule has 7 heteroatoms. The Morgan fingerprint density at radius 1 is 1.10 bits per heavy atom. The highest BCUT2D eigenvalue weighted by molar-refractivity contribution is 5.96. The van der Waals surface area contributed by atoms with Crippen molar-refractivity contribution in [1.29, 1.82) is 0 Å². The lowest BCUT2D eigenvalue weighted by Crippen LogP contribution is -2.40. The number of esters is 1. The van der Waals surface area contributed by atoms with Crippen molar-refractivity contribution in [2.24, 2.45) is 0 Å². The second-order valence-corrected chi connectivity index (χ2v) is 7.43. The molecule has 0 atom stereocenters. The van der Waals surface area contributed by atoms with E-state index in [0.29, 0.717) is 11.5 Å². The van der Waals surface area contributed by atoms with Gasteiger partial charge in [0.15, 0.2) is 35.7 Å². The van der Waals surface area contributed by atoms with Crippen LogP contribution in [0, 0.1) is 0 Å². The summed E-state index contributed by atoms with van der Waals surface area (Å²) >= 11 is 0. The van der Waals surface area contributed by atoms with Gasteiger partial charge in [0.25, 0.3) is 0 Å². The number of ether oxygens (including phenoxy) is 4. The molecule has 4 heterocycles. The third-order valence-electron chi connectivity index (χ3n) is 5.71. The Bertz CT molecular complexity index is 1340. The zero-order chi connectivity index (χ0) is 20.9. The van der Waals surface area contributed by atoms with Gasteiger partial charge in [0.2, 0.25) is 18.2 Å². The normalized spacial score (nSPS) is 13.6. The summed E-state index contributed by atoms with van der Waals surface area (Å²) in [6.07, 6.45) is 4.30. The van der Waals surface area contributed by atoms with E-state index in [1.54, 1.807) is 25.3 Å². The van der Waals surface area contributed by atoms with Gasteiger partial charge in [0.05, 0.1) is 24.3 Å². The van der Waals surface area contributed by atoms with E-state index in [-0.39, 0.29) is 12.6 Å². The highest BCUT2D eigenvalue weighted by atomic mass is 16.7. The minimum absolute atomic E-state index is 0.134. The summed E-state index contributed by atoms with van der Waals surface area (Å²) in [4.78, 5) is 12.5. The van der Waals surface area contributed by atoms with Crippen LogP contribution in [0.4, 0.5) is 0 Å². The fourth-order valence-electron chi connectivity index (χ4n) is 4.20. The number of methoxy groups -OCH3 is 1. The van der Waals surface area contributed by atoms with Gasteiger partial charge >= 0.3 is 5.97 Å². The van der Waals surface area contributed by atoms with Gasteiger partial charge in [-0.3, -0.25) is 0 Å². The number of fused-ring (bicyclic) bond motifs is 5. The molecule has 7 nitrogen and oxygen atoms in total. The van der Waals surface area contributed by atoms with Gasteiger partial charge in [0.1, 0.15) is 0 Å². The number of rotatable bonds is 3. The molecule has 154 valence electrons. The Balaban J connectivity index is 1.50. The minimum Gasteiger partial charge on any atom is -0.493 e. The van der Waals surface area contributed by atoms with Crippen molar-refractivity contribution in [1.82, 2.24) is 0 Å². The fraction of sp³-hybridized carbons (Fsp3) is 0.167. The first kappa shape index (κ1) is 17.8. The highest BCUT2D eigenvalue weighted by Gasteiger charge is 2.29. The van der Waals surface area contributed by atoms with Crippen molar-refractivity contribution in [3.63, 3.8) is 0 Å². The molecule has 2 aliphatic rings. The first-order valence-corrected chi connectivity index (χ1v) is 9.94. The van der Waals surface area contributed by atoms with Crippen LogP contribution in [-0.4, -0.2) is 19.9 Å². The minimum atomic E-state index is -0.573. The summed E-state index contributed by atoms with van der Waals surface area (Å²) in [6, 6.07) is 13.2. The van der Waals surface area contributed by atoms with E-state index in [1.807, 2.05) is 18.3 Å². The molecule has 0 aliphatic carbocycles. The number of pyridine rings is 1. The predicted octanol–water partition coefficient (Wildman–Crippen LogP) is 3.90. The van der Waals surface area contributed by atoms with Gasteiger partial charge in [-0.05, 0) is 47.3 Å². The molecular formula is C24H18NO6+. The van der Waals surface area contributed by atoms with Crippen molar-refractivity contribution >= 4 is 16.7 Å². The van der Waals surface area contributed by atoms with E-state index in [1.165, 1.54) is 11.8 Å². The van der Waals surface area contributed by atoms with Gasteiger partial charge in [0, 0.05) is 12.5 Å². The van der Waals surface area contributed by atoms with E-state index in [9.17, 15) is 4.79 Å². The predicted molar refractivity (Wildman–Crippen MR) is 110 cm³/mol. The summed E-state index contributed by atoms with van der Waals surface area (Å²) in [5, 5.41) is 1.71. The monoisotopic (exact) mass is 416 g/mol. The average Bonchev–Trinajstić information content (AvgIpc) is 3.48. The average molecular weight is 416 g/mol. The van der Waals surface area contributed by atoms with Crippen LogP contribution in [0.1, 0.15) is 16.1 Å². The van der Waals surface area contributed by atoms with Gasteiger partial charge in [-0.1, -0.05) is 0 Å². The molecule has 4 aromatic rings. The van der Waals surface area contributed by atoms with Gasteiger partial charge in [-0.15, -0.1) is 0 Å². The molecule has 0 fully saturated rings. The maximum Gasteiger partial charge on any atom is 0.379 e. The maximum absolute atomic E-state index is 12.5. The second-order valence-electron chi connectivity index (χ2n) is 7.43. The van der Waals surface area contributed by atoms with Gasteiger partial charge in [-0.25, -0.2) is 4.79 Å². The van der Waals surface area contributed by atoms with E-state index in [4.69, 9.17) is 23.4 Å². The molecule has 6 rings (SSSR count). The van der Waals surface area contributed by atoms with E-state index < -0.39 is 5.97 Å². The Kier molecular flexibility index (Phi) is 3.89. The summed E-state index contributed by atoms with van der Waals surface area (Å²) in [5.41, 5.74) is 3.41. The zero-order valence-electron chi connectivity index (χ0n) is 16.7. The molecule has 0 radical (unpaired) electrons. The molecule has 0 N–H and O–H groups in total. The number of nitrogens with zero attached hydrogens (tertiary/aromatic N) is 1. The van der Waals surface area contributed by atoms with Crippen LogP contribution in [0.15, 0.2) is 59.3 Å². The largest absolute Gasteiger partial charge is 0.493 e. The quantitative estimate of drug-likeness (QED) is 0.287. The van der Waals surface area contributed by atoms with Gasteiger partial charge in [-0.2, -0.15) is 4.57 Å². The Morgan fingerprint density at radius 3 is 2.77 bits per heavy atom. The van der Waals surface area contributed by atoms with E-state index in [2.05, 4.69) is 16.7 Å². The molecule has 0 amide bonds. The second kappa shape index (κ2) is 6.77. The summed E-state index contributed by atoms with van der Waals surface area (Å²) in [6.45, 7) is 1.04. The molecule has 2 aliphatic heterocycles. The number of furan rings is 1. The Labute approximate surface area is 177 Å². The SMILES string of the molecule is COc1ccc2cc3[n+](cc2c1OC(=O)c1ccco1)CCc1cc2c(cc1-3)OCO2. The van der Waals surface area contributed by atoms with Crippen molar-refractivity contribution in [3.8, 4) is 34.3 Å². The lowest BCUT2D eigenvalue weighted by Gasteiger charge is -2.17. The lowest BCUT2D eigenvalue weighted by atomic mass is 9.95. The number of carbonyl (C=O) groups is 1. The Hall–Kier alpha value is -4.00. The number of hydrogen-bond donors (Lipinski definition) is 0. The third kappa shape index (κ3) is 2.81. The number of aryl methyl sites for hydroxylation is 2. The van der Waals surface area contributed by atoms with Gasteiger partial charge < -0.3 is 23.4 Å². The molecular weight excluding hydrogens is 398 g/mol. The highest BCUT2D eigenvalue weighted by Crippen LogP contribution is 2.41. The molecule has 31 heavy (non-hydrogen) atoms. The molecule has 2 aromatic heterocycles. The number of hydrogen-bond acceptors (Lipinski definition) is 6. The molecule has 2 aromatic carbocycles. The van der Waals surface area contributed by atoms with Crippen molar-refractivity contribution in [2.75, 3.05) is 13.9 Å².